The van der Waals surface area contributed by atoms with E-state index in [1.807, 2.05) is 0 Å². The van der Waals surface area contributed by atoms with E-state index < -0.39 is 5.54 Å². The van der Waals surface area contributed by atoms with Crippen molar-refractivity contribution in [1.82, 2.24) is 4.90 Å². The Morgan fingerprint density at radius 1 is 1.65 bits per heavy atom. The van der Waals surface area contributed by atoms with Gasteiger partial charge in [-0.1, -0.05) is 0 Å². The Balaban J connectivity index is 2.40. The second-order valence-electron chi connectivity index (χ2n) is 4.85. The minimum Gasteiger partial charge on any atom is -0.465 e. The molecule has 0 radical (unpaired) electrons. The van der Waals surface area contributed by atoms with Crippen LogP contribution in [0.15, 0.2) is 0 Å². The van der Waals surface area contributed by atoms with E-state index in [2.05, 4.69) is 11.8 Å². The normalized spacial score (nSPS) is 25.3. The number of nitrogens with zero attached hydrogens (tertiary/aromatic N) is 1. The summed E-state index contributed by atoms with van der Waals surface area (Å²) in [6.07, 6.45) is 0.607. The fraction of sp³-hybridized carbons (Fsp3) is 0.917. The average Bonchev–Trinajstić information content (AvgIpc) is 2.28. The zero-order chi connectivity index (χ0) is 12.9. The molecular formula is C12H24N2O3. The molecule has 17 heavy (non-hydrogen) atoms. The van der Waals surface area contributed by atoms with Crippen molar-refractivity contribution in [3.63, 3.8) is 0 Å². The molecule has 1 saturated heterocycles. The van der Waals surface area contributed by atoms with E-state index >= 15 is 0 Å². The molecule has 2 atom stereocenters. The van der Waals surface area contributed by atoms with Crippen LogP contribution in [0.4, 0.5) is 0 Å². The lowest BCUT2D eigenvalue weighted by Crippen LogP contribution is -2.51. The summed E-state index contributed by atoms with van der Waals surface area (Å²) in [4.78, 5) is 13.9. The van der Waals surface area contributed by atoms with Crippen LogP contribution in [-0.2, 0) is 14.3 Å². The predicted octanol–water partition coefficient (Wildman–Crippen LogP) is 0.378. The van der Waals surface area contributed by atoms with Gasteiger partial charge in [0.05, 0.1) is 19.8 Å². The molecule has 0 spiro atoms. The highest BCUT2D eigenvalue weighted by Crippen LogP contribution is 2.13. The number of rotatable bonds is 5. The maximum Gasteiger partial charge on any atom is 0.325 e. The number of morpholine rings is 1. The van der Waals surface area contributed by atoms with E-state index in [9.17, 15) is 4.79 Å². The Morgan fingerprint density at radius 3 is 2.94 bits per heavy atom. The van der Waals surface area contributed by atoms with E-state index in [1.165, 1.54) is 0 Å². The molecule has 1 rings (SSSR count). The Bertz CT molecular complexity index is 256. The molecule has 0 bridgehead atoms. The van der Waals surface area contributed by atoms with Crippen molar-refractivity contribution in [2.75, 3.05) is 32.9 Å². The molecule has 0 aromatic heterocycles. The molecule has 5 nitrogen and oxygen atoms in total. The van der Waals surface area contributed by atoms with Crippen molar-refractivity contribution in [2.45, 2.75) is 38.8 Å². The second-order valence-corrected chi connectivity index (χ2v) is 4.85. The first-order valence-corrected chi connectivity index (χ1v) is 6.25. The average molecular weight is 244 g/mol. The summed E-state index contributed by atoms with van der Waals surface area (Å²) < 4.78 is 10.3. The first-order valence-electron chi connectivity index (χ1n) is 6.25. The molecule has 2 unspecified atom stereocenters. The molecule has 0 aromatic carbocycles. The SMILES string of the molecule is CCOC(=O)C(C)(N)CCN1CCOCC1C. The largest absolute Gasteiger partial charge is 0.465 e. The third-order valence-corrected chi connectivity index (χ3v) is 3.17. The minimum atomic E-state index is -0.895. The number of esters is 1. The molecule has 0 aromatic rings. The number of ether oxygens (including phenoxy) is 2. The quantitative estimate of drug-likeness (QED) is 0.708. The van der Waals surface area contributed by atoms with Gasteiger partial charge in [0.2, 0.25) is 0 Å². The fourth-order valence-electron chi connectivity index (χ4n) is 1.87. The lowest BCUT2D eigenvalue weighted by atomic mass is 9.99. The van der Waals surface area contributed by atoms with Gasteiger partial charge in [0.1, 0.15) is 5.54 Å². The van der Waals surface area contributed by atoms with Crippen molar-refractivity contribution < 1.29 is 14.3 Å². The van der Waals surface area contributed by atoms with Crippen LogP contribution < -0.4 is 5.73 Å². The van der Waals surface area contributed by atoms with Crippen LogP contribution in [0.3, 0.4) is 0 Å². The predicted molar refractivity (Wildman–Crippen MR) is 65.7 cm³/mol. The smallest absolute Gasteiger partial charge is 0.325 e. The van der Waals surface area contributed by atoms with Crippen LogP contribution in [0.1, 0.15) is 27.2 Å². The van der Waals surface area contributed by atoms with Crippen LogP contribution >= 0.6 is 0 Å². The molecule has 0 saturated carbocycles. The zero-order valence-electron chi connectivity index (χ0n) is 11.1. The van der Waals surface area contributed by atoms with Gasteiger partial charge in [0, 0.05) is 19.1 Å². The van der Waals surface area contributed by atoms with E-state index in [0.717, 1.165) is 26.3 Å². The molecule has 1 fully saturated rings. The van der Waals surface area contributed by atoms with Gasteiger partial charge in [-0.05, 0) is 27.2 Å². The molecule has 100 valence electrons. The Morgan fingerprint density at radius 2 is 2.35 bits per heavy atom. The number of hydrogen-bond donors (Lipinski definition) is 1. The molecule has 1 aliphatic heterocycles. The first-order chi connectivity index (χ1) is 7.97. The van der Waals surface area contributed by atoms with E-state index in [1.54, 1.807) is 13.8 Å². The van der Waals surface area contributed by atoms with Crippen molar-refractivity contribution in [1.29, 1.82) is 0 Å². The maximum atomic E-state index is 11.6. The van der Waals surface area contributed by atoms with Crippen LogP contribution in [-0.4, -0.2) is 55.4 Å². The highest BCUT2D eigenvalue weighted by molar-refractivity contribution is 5.79. The minimum absolute atomic E-state index is 0.319. The monoisotopic (exact) mass is 244 g/mol. The summed E-state index contributed by atoms with van der Waals surface area (Å²) in [5.74, 6) is -0.319. The van der Waals surface area contributed by atoms with Gasteiger partial charge in [-0.15, -0.1) is 0 Å². The van der Waals surface area contributed by atoms with Gasteiger partial charge >= 0.3 is 5.97 Å². The van der Waals surface area contributed by atoms with Gasteiger partial charge in [0.25, 0.3) is 0 Å². The Kier molecular flexibility index (Phi) is 5.36. The summed E-state index contributed by atoms with van der Waals surface area (Å²) in [5, 5.41) is 0. The summed E-state index contributed by atoms with van der Waals surface area (Å²) in [6, 6.07) is 0.391. The van der Waals surface area contributed by atoms with Crippen molar-refractivity contribution in [2.24, 2.45) is 5.73 Å². The second kappa shape index (κ2) is 6.33. The maximum absolute atomic E-state index is 11.6. The summed E-state index contributed by atoms with van der Waals surface area (Å²) >= 11 is 0. The molecule has 1 aliphatic rings. The Hall–Kier alpha value is -0.650. The molecule has 0 amide bonds. The van der Waals surface area contributed by atoms with Crippen LogP contribution in [0.2, 0.25) is 0 Å². The fourth-order valence-corrected chi connectivity index (χ4v) is 1.87. The van der Waals surface area contributed by atoms with Crippen LogP contribution in [0.25, 0.3) is 0 Å². The highest BCUT2D eigenvalue weighted by atomic mass is 16.5. The molecule has 0 aliphatic carbocycles. The summed E-state index contributed by atoms with van der Waals surface area (Å²) in [6.45, 7) is 9.23. The molecular weight excluding hydrogens is 220 g/mol. The van der Waals surface area contributed by atoms with Crippen LogP contribution in [0, 0.1) is 0 Å². The lowest BCUT2D eigenvalue weighted by Gasteiger charge is -2.35. The van der Waals surface area contributed by atoms with E-state index in [4.69, 9.17) is 15.2 Å². The van der Waals surface area contributed by atoms with Gasteiger partial charge in [0.15, 0.2) is 0 Å². The van der Waals surface area contributed by atoms with Crippen molar-refractivity contribution >= 4 is 5.97 Å². The van der Waals surface area contributed by atoms with Gasteiger partial charge in [-0.2, -0.15) is 0 Å². The van der Waals surface area contributed by atoms with E-state index in [-0.39, 0.29) is 5.97 Å². The number of nitrogens with two attached hydrogens (primary N) is 1. The van der Waals surface area contributed by atoms with Crippen molar-refractivity contribution in [3.8, 4) is 0 Å². The summed E-state index contributed by atoms with van der Waals surface area (Å²) in [5.41, 5.74) is 5.08. The zero-order valence-corrected chi connectivity index (χ0v) is 11.1. The molecule has 1 heterocycles. The first kappa shape index (κ1) is 14.4. The number of carbonyl (C=O) groups excluding carboxylic acids is 1. The number of hydrogen-bond acceptors (Lipinski definition) is 5. The third-order valence-electron chi connectivity index (χ3n) is 3.17. The Labute approximate surface area is 103 Å². The number of carbonyl (C=O) groups is 1. The van der Waals surface area contributed by atoms with E-state index in [0.29, 0.717) is 19.1 Å². The third kappa shape index (κ3) is 4.26. The lowest BCUT2D eigenvalue weighted by molar-refractivity contribution is -0.149. The topological polar surface area (TPSA) is 64.8 Å². The standard InChI is InChI=1S/C12H24N2O3/c1-4-17-11(15)12(3,13)5-6-14-7-8-16-9-10(14)2/h10H,4-9,13H2,1-3H3. The van der Waals surface area contributed by atoms with Gasteiger partial charge in [-0.3, -0.25) is 9.69 Å². The highest BCUT2D eigenvalue weighted by Gasteiger charge is 2.31. The molecule has 5 heteroatoms. The van der Waals surface area contributed by atoms with Crippen LogP contribution in [0.5, 0.6) is 0 Å². The molecule has 2 N–H and O–H groups in total. The van der Waals surface area contributed by atoms with Gasteiger partial charge in [-0.25, -0.2) is 0 Å². The van der Waals surface area contributed by atoms with Gasteiger partial charge < -0.3 is 15.2 Å². The summed E-state index contributed by atoms with van der Waals surface area (Å²) in [7, 11) is 0. The van der Waals surface area contributed by atoms with Crippen molar-refractivity contribution in [3.05, 3.63) is 0 Å².